The lowest BCUT2D eigenvalue weighted by molar-refractivity contribution is 0.173. The Balaban J connectivity index is 2.48. The number of methoxy groups -OCH3 is 1. The average Bonchev–Trinajstić information content (AvgIpc) is 2.30. The monoisotopic (exact) mass is 233 g/mol. The van der Waals surface area contributed by atoms with Crippen LogP contribution < -0.4 is 10.6 Å². The highest BCUT2D eigenvalue weighted by molar-refractivity contribution is 5.89. The van der Waals surface area contributed by atoms with Crippen LogP contribution in [-0.4, -0.2) is 25.8 Å². The van der Waals surface area contributed by atoms with Crippen molar-refractivity contribution in [2.45, 2.75) is 13.0 Å². The van der Waals surface area contributed by atoms with Gasteiger partial charge < -0.3 is 15.4 Å². The fourth-order valence-electron chi connectivity index (χ4n) is 1.31. The number of carbonyl (C=O) groups excluding carboxylic acids is 1. The second-order valence-corrected chi connectivity index (χ2v) is 3.64. The number of hydrogen-bond acceptors (Lipinski definition) is 3. The number of hydrogen-bond donors (Lipinski definition) is 2. The molecule has 5 heteroatoms. The lowest BCUT2D eigenvalue weighted by Crippen LogP contribution is -2.38. The molecular weight excluding hydrogens is 218 g/mol. The Labute approximate surface area is 100 Å². The van der Waals surface area contributed by atoms with Gasteiger partial charge >= 0.3 is 6.03 Å². The van der Waals surface area contributed by atoms with Gasteiger partial charge in [0.05, 0.1) is 24.3 Å². The molecular formula is C12H15N3O2. The van der Waals surface area contributed by atoms with Crippen LogP contribution in [0.4, 0.5) is 10.5 Å². The Morgan fingerprint density at radius 3 is 2.65 bits per heavy atom. The van der Waals surface area contributed by atoms with Gasteiger partial charge in [-0.05, 0) is 31.2 Å². The summed E-state index contributed by atoms with van der Waals surface area (Å²) in [5.74, 6) is 0. The number of nitrogens with one attached hydrogen (secondary N) is 2. The summed E-state index contributed by atoms with van der Waals surface area (Å²) in [7, 11) is 1.58. The largest absolute Gasteiger partial charge is 0.383 e. The minimum Gasteiger partial charge on any atom is -0.383 e. The Hall–Kier alpha value is -2.06. The first-order valence-corrected chi connectivity index (χ1v) is 5.22. The molecule has 0 aliphatic heterocycles. The van der Waals surface area contributed by atoms with E-state index < -0.39 is 0 Å². The van der Waals surface area contributed by atoms with Crippen LogP contribution in [0.3, 0.4) is 0 Å². The second-order valence-electron chi connectivity index (χ2n) is 3.64. The highest BCUT2D eigenvalue weighted by Crippen LogP contribution is 2.08. The van der Waals surface area contributed by atoms with Crippen molar-refractivity contribution < 1.29 is 9.53 Å². The fourth-order valence-corrected chi connectivity index (χ4v) is 1.31. The second kappa shape index (κ2) is 6.51. The molecule has 1 aromatic rings. The maximum atomic E-state index is 11.5. The molecule has 0 aliphatic rings. The summed E-state index contributed by atoms with van der Waals surface area (Å²) >= 11 is 0. The Kier molecular flexibility index (Phi) is 4.98. The molecule has 17 heavy (non-hydrogen) atoms. The number of ether oxygens (including phenoxy) is 1. The fraction of sp³-hybridized carbons (Fsp3) is 0.333. The molecule has 0 radical (unpaired) electrons. The number of anilines is 1. The summed E-state index contributed by atoms with van der Waals surface area (Å²) in [6.07, 6.45) is 0. The maximum absolute atomic E-state index is 11.5. The van der Waals surface area contributed by atoms with Gasteiger partial charge in [0.15, 0.2) is 0 Å². The molecule has 0 aliphatic carbocycles. The van der Waals surface area contributed by atoms with Gasteiger partial charge in [-0.3, -0.25) is 0 Å². The molecule has 0 fully saturated rings. The van der Waals surface area contributed by atoms with E-state index in [4.69, 9.17) is 10.00 Å². The average molecular weight is 233 g/mol. The van der Waals surface area contributed by atoms with Gasteiger partial charge in [0.25, 0.3) is 0 Å². The van der Waals surface area contributed by atoms with E-state index in [9.17, 15) is 4.79 Å². The zero-order valence-corrected chi connectivity index (χ0v) is 9.86. The summed E-state index contributed by atoms with van der Waals surface area (Å²) in [5, 5.41) is 14.0. The molecule has 0 aromatic heterocycles. The summed E-state index contributed by atoms with van der Waals surface area (Å²) < 4.78 is 4.91. The van der Waals surface area contributed by atoms with Crippen molar-refractivity contribution in [1.29, 1.82) is 5.26 Å². The Bertz CT molecular complexity index is 409. The van der Waals surface area contributed by atoms with Gasteiger partial charge in [-0.1, -0.05) is 0 Å². The lowest BCUT2D eigenvalue weighted by atomic mass is 10.2. The van der Waals surface area contributed by atoms with Crippen LogP contribution in [0.5, 0.6) is 0 Å². The molecule has 90 valence electrons. The van der Waals surface area contributed by atoms with Gasteiger partial charge in [-0.25, -0.2) is 4.79 Å². The molecule has 5 nitrogen and oxygen atoms in total. The zero-order valence-electron chi connectivity index (χ0n) is 9.86. The first-order chi connectivity index (χ1) is 8.15. The minimum absolute atomic E-state index is 0.0571. The molecule has 1 aromatic carbocycles. The van der Waals surface area contributed by atoms with E-state index in [2.05, 4.69) is 10.6 Å². The Morgan fingerprint density at radius 1 is 1.47 bits per heavy atom. The summed E-state index contributed by atoms with van der Waals surface area (Å²) in [6.45, 7) is 2.31. The van der Waals surface area contributed by atoms with E-state index in [1.165, 1.54) is 0 Å². The quantitative estimate of drug-likeness (QED) is 0.831. The first kappa shape index (κ1) is 13.0. The van der Waals surface area contributed by atoms with Crippen molar-refractivity contribution in [2.24, 2.45) is 0 Å². The van der Waals surface area contributed by atoms with Crippen LogP contribution in [0.25, 0.3) is 0 Å². The van der Waals surface area contributed by atoms with Crippen LogP contribution in [0.1, 0.15) is 12.5 Å². The number of nitrogens with zero attached hydrogens (tertiary/aromatic N) is 1. The lowest BCUT2D eigenvalue weighted by Gasteiger charge is -2.13. The van der Waals surface area contributed by atoms with E-state index in [0.717, 1.165) is 0 Å². The predicted octanol–water partition coefficient (Wildman–Crippen LogP) is 1.71. The van der Waals surface area contributed by atoms with Gasteiger partial charge in [0, 0.05) is 12.8 Å². The van der Waals surface area contributed by atoms with Gasteiger partial charge in [0.2, 0.25) is 0 Å². The zero-order chi connectivity index (χ0) is 12.7. The van der Waals surface area contributed by atoms with E-state index in [0.29, 0.717) is 17.9 Å². The first-order valence-electron chi connectivity index (χ1n) is 5.22. The number of carbonyl (C=O) groups is 1. The van der Waals surface area contributed by atoms with Gasteiger partial charge in [-0.2, -0.15) is 5.26 Å². The number of rotatable bonds is 4. The molecule has 1 atom stereocenters. The van der Waals surface area contributed by atoms with Crippen molar-refractivity contribution in [3.05, 3.63) is 29.8 Å². The van der Waals surface area contributed by atoms with Crippen LogP contribution in [0, 0.1) is 11.3 Å². The number of amides is 2. The van der Waals surface area contributed by atoms with Crippen molar-refractivity contribution in [3.63, 3.8) is 0 Å². The van der Waals surface area contributed by atoms with Crippen molar-refractivity contribution in [2.75, 3.05) is 19.0 Å². The molecule has 0 unspecified atom stereocenters. The van der Waals surface area contributed by atoms with E-state index in [1.807, 2.05) is 13.0 Å². The highest BCUT2D eigenvalue weighted by Gasteiger charge is 2.06. The van der Waals surface area contributed by atoms with Crippen LogP contribution >= 0.6 is 0 Å². The van der Waals surface area contributed by atoms with Crippen LogP contribution in [0.2, 0.25) is 0 Å². The van der Waals surface area contributed by atoms with Gasteiger partial charge in [-0.15, -0.1) is 0 Å². The maximum Gasteiger partial charge on any atom is 0.319 e. The molecule has 0 saturated carbocycles. The third kappa shape index (κ3) is 4.53. The molecule has 0 spiro atoms. The number of urea groups is 1. The molecule has 2 N–H and O–H groups in total. The highest BCUT2D eigenvalue weighted by atomic mass is 16.5. The number of benzene rings is 1. The van der Waals surface area contributed by atoms with E-state index in [1.54, 1.807) is 31.4 Å². The van der Waals surface area contributed by atoms with Gasteiger partial charge in [0.1, 0.15) is 0 Å². The topological polar surface area (TPSA) is 74.2 Å². The van der Waals surface area contributed by atoms with Crippen molar-refractivity contribution in [3.8, 4) is 6.07 Å². The standard InChI is InChI=1S/C12H15N3O2/c1-9(8-17-2)14-12(16)15-11-5-3-10(7-13)4-6-11/h3-6,9H,8H2,1-2H3,(H2,14,15,16)/t9-/m0/s1. The summed E-state index contributed by atoms with van der Waals surface area (Å²) in [5.41, 5.74) is 1.20. The molecule has 0 heterocycles. The predicted molar refractivity (Wildman–Crippen MR) is 64.6 cm³/mol. The molecule has 0 saturated heterocycles. The molecule has 2 amide bonds. The van der Waals surface area contributed by atoms with Crippen molar-refractivity contribution >= 4 is 11.7 Å². The summed E-state index contributed by atoms with van der Waals surface area (Å²) in [4.78, 5) is 11.5. The molecule has 0 bridgehead atoms. The van der Waals surface area contributed by atoms with E-state index >= 15 is 0 Å². The van der Waals surface area contributed by atoms with E-state index in [-0.39, 0.29) is 12.1 Å². The minimum atomic E-state index is -0.292. The third-order valence-electron chi connectivity index (χ3n) is 2.07. The van der Waals surface area contributed by atoms with Crippen LogP contribution in [-0.2, 0) is 4.74 Å². The third-order valence-corrected chi connectivity index (χ3v) is 2.07. The normalized spacial score (nSPS) is 11.4. The van der Waals surface area contributed by atoms with Crippen molar-refractivity contribution in [1.82, 2.24) is 5.32 Å². The Morgan fingerprint density at radius 2 is 2.12 bits per heavy atom. The summed E-state index contributed by atoms with van der Waals surface area (Å²) in [6, 6.07) is 8.32. The smallest absolute Gasteiger partial charge is 0.319 e. The SMILES string of the molecule is COC[C@H](C)NC(=O)Nc1ccc(C#N)cc1. The number of nitriles is 1. The van der Waals surface area contributed by atoms with Crippen LogP contribution in [0.15, 0.2) is 24.3 Å². The molecule has 1 rings (SSSR count).